The molecule has 2 aromatic carbocycles. The Morgan fingerprint density at radius 3 is 2.73 bits per heavy atom. The molecule has 10 nitrogen and oxygen atoms in total. The molecule has 1 saturated heterocycles. The fraction of sp³-hybridized carbons (Fsp3) is 0.568. The average Bonchev–Trinajstić information content (AvgIpc) is 3.63. The molecule has 3 aliphatic carbocycles. The Balaban J connectivity index is 1.02. The summed E-state index contributed by atoms with van der Waals surface area (Å²) in [6, 6.07) is 13.7. The van der Waals surface area contributed by atoms with Crippen LogP contribution in [0.4, 0.5) is 5.69 Å². The third-order valence-electron chi connectivity index (χ3n) is 13.2. The maximum Gasteiger partial charge on any atom is 0.329 e. The van der Waals surface area contributed by atoms with Gasteiger partial charge < -0.3 is 34.3 Å². The number of aryl methyl sites for hydroxylation is 1. The van der Waals surface area contributed by atoms with E-state index in [-0.39, 0.29) is 29.3 Å². The molecule has 1 aromatic heterocycles. The highest BCUT2D eigenvalue weighted by atomic mass is 35.5. The zero-order chi connectivity index (χ0) is 38.3. The van der Waals surface area contributed by atoms with E-state index in [9.17, 15) is 14.7 Å². The van der Waals surface area contributed by atoms with Crippen LogP contribution in [0.1, 0.15) is 93.5 Å². The van der Waals surface area contributed by atoms with Gasteiger partial charge in [-0.3, -0.25) is 9.78 Å². The number of hydrogen-bond acceptors (Lipinski definition) is 8. The van der Waals surface area contributed by atoms with E-state index in [1.165, 1.54) is 28.8 Å². The van der Waals surface area contributed by atoms with E-state index >= 15 is 0 Å². The predicted molar refractivity (Wildman–Crippen MR) is 211 cm³/mol. The molecule has 5 atom stereocenters. The van der Waals surface area contributed by atoms with E-state index < -0.39 is 11.5 Å². The Labute approximate surface area is 329 Å². The van der Waals surface area contributed by atoms with E-state index in [0.717, 1.165) is 42.9 Å². The molecule has 5 aliphatic rings. The number of rotatable bonds is 12. The third kappa shape index (κ3) is 7.61. The van der Waals surface area contributed by atoms with Gasteiger partial charge in [0, 0.05) is 54.1 Å². The number of carboxylic acid groups (broad SMARTS) is 1. The van der Waals surface area contributed by atoms with Gasteiger partial charge in [-0.05, 0) is 128 Å². The minimum Gasteiger partial charge on any atom is -0.493 e. The molecular weight excluding hydrogens is 718 g/mol. The second-order valence-electron chi connectivity index (χ2n) is 17.1. The summed E-state index contributed by atoms with van der Waals surface area (Å²) in [6.45, 7) is 7.16. The Morgan fingerprint density at radius 1 is 1.13 bits per heavy atom. The Bertz CT molecular complexity index is 1910. The van der Waals surface area contributed by atoms with Gasteiger partial charge in [-0.2, -0.15) is 0 Å². The summed E-state index contributed by atoms with van der Waals surface area (Å²) in [6.07, 6.45) is 9.68. The minimum absolute atomic E-state index is 0.160. The second kappa shape index (κ2) is 15.5. The lowest BCUT2D eigenvalue weighted by molar-refractivity contribution is -0.144. The van der Waals surface area contributed by atoms with Crippen molar-refractivity contribution in [2.75, 3.05) is 45.3 Å². The van der Waals surface area contributed by atoms with Crippen LogP contribution in [0.2, 0.25) is 5.02 Å². The van der Waals surface area contributed by atoms with Crippen LogP contribution in [-0.2, 0) is 32.6 Å². The summed E-state index contributed by atoms with van der Waals surface area (Å²) in [5, 5.41) is 14.7. The molecule has 0 radical (unpaired) electrons. The second-order valence-corrected chi connectivity index (χ2v) is 17.5. The van der Waals surface area contributed by atoms with Crippen LogP contribution in [0.3, 0.4) is 0 Å². The van der Waals surface area contributed by atoms with E-state index in [0.29, 0.717) is 87.6 Å². The maximum atomic E-state index is 13.1. The highest BCUT2D eigenvalue weighted by Gasteiger charge is 2.54. The zero-order valence-corrected chi connectivity index (χ0v) is 33.0. The highest BCUT2D eigenvalue weighted by Crippen LogP contribution is 2.58. The number of anilines is 1. The lowest BCUT2D eigenvalue weighted by Gasteiger charge is -2.47. The number of likely N-dealkylation sites (tertiary alicyclic amines) is 1. The number of ether oxygens (including phenoxy) is 4. The van der Waals surface area contributed by atoms with Gasteiger partial charge in [0.1, 0.15) is 17.9 Å². The quantitative estimate of drug-likeness (QED) is 0.190. The number of aliphatic carboxylic acids is 1. The summed E-state index contributed by atoms with van der Waals surface area (Å²) in [7, 11) is 1.83. The molecule has 11 heteroatoms. The molecule has 1 spiro atoms. The molecule has 2 fully saturated rings. The smallest absolute Gasteiger partial charge is 0.329 e. The molecule has 55 heavy (non-hydrogen) atoms. The van der Waals surface area contributed by atoms with Crippen LogP contribution in [0.25, 0.3) is 0 Å². The van der Waals surface area contributed by atoms with Gasteiger partial charge in [0.15, 0.2) is 17.6 Å². The van der Waals surface area contributed by atoms with Crippen molar-refractivity contribution in [1.29, 1.82) is 0 Å². The molecule has 1 saturated carbocycles. The number of halogens is 1. The fourth-order valence-corrected chi connectivity index (χ4v) is 10.4. The molecule has 1 amide bonds. The van der Waals surface area contributed by atoms with Gasteiger partial charge in [-0.1, -0.05) is 31.5 Å². The molecule has 2 N–H and O–H groups in total. The summed E-state index contributed by atoms with van der Waals surface area (Å²) in [5.74, 6) is 2.95. The van der Waals surface area contributed by atoms with Crippen LogP contribution < -0.4 is 19.5 Å². The number of hydrogen-bond donors (Lipinski definition) is 2. The topological polar surface area (TPSA) is 119 Å². The van der Waals surface area contributed by atoms with Crippen molar-refractivity contribution >= 4 is 29.2 Å². The summed E-state index contributed by atoms with van der Waals surface area (Å²) in [5.41, 5.74) is 4.33. The Hall–Kier alpha value is -4.02. The average molecular weight is 772 g/mol. The van der Waals surface area contributed by atoms with E-state index in [4.69, 9.17) is 30.5 Å². The molecule has 8 rings (SSSR count). The number of carboxylic acids is 1. The van der Waals surface area contributed by atoms with Gasteiger partial charge in [0.05, 0.1) is 19.8 Å². The molecule has 294 valence electrons. The van der Waals surface area contributed by atoms with Crippen molar-refractivity contribution in [3.05, 3.63) is 76.1 Å². The van der Waals surface area contributed by atoms with Crippen molar-refractivity contribution < 1.29 is 33.6 Å². The molecule has 1 unspecified atom stereocenters. The number of fused-ring (bicyclic) bond motifs is 4. The summed E-state index contributed by atoms with van der Waals surface area (Å²) in [4.78, 5) is 31.5. The van der Waals surface area contributed by atoms with Crippen molar-refractivity contribution in [2.24, 2.45) is 17.8 Å². The number of benzene rings is 2. The standard InChI is InChI=1S/C44H54ClN3O7/c1-27(23-53-37-10-15-46-36-9-4-6-28(2)41(36)37)16-31-18-30-19-38-39(55-34(26-54-38)25-52-24-29-17-40(49)48(3)22-29)21-35(30)43(31)11-13-44(14-12-43,42(50)51)47-33-8-5-7-32(45)20-33/h5,7-8,10,15,19-21,27-29,31,34,47H,4,6,9,11-14,16-18,22-26H2,1-3H3,(H,50,51)/t27-,28-,29?,31+,34+,43?,44?/m1/s1. The van der Waals surface area contributed by atoms with Crippen LogP contribution in [0, 0.1) is 17.8 Å². The zero-order valence-electron chi connectivity index (χ0n) is 32.3. The number of aromatic nitrogens is 1. The van der Waals surface area contributed by atoms with Crippen LogP contribution in [0.5, 0.6) is 17.2 Å². The van der Waals surface area contributed by atoms with Gasteiger partial charge in [-0.15, -0.1) is 0 Å². The van der Waals surface area contributed by atoms with E-state index in [1.54, 1.807) is 17.0 Å². The molecular formula is C44H54ClN3O7. The Kier molecular flexibility index (Phi) is 10.7. The lowest BCUT2D eigenvalue weighted by atomic mass is 9.59. The maximum absolute atomic E-state index is 13.1. The first-order chi connectivity index (χ1) is 26.5. The number of pyridine rings is 1. The summed E-state index contributed by atoms with van der Waals surface area (Å²) < 4.78 is 25.5. The number of carbonyl (C=O) groups excluding carboxylic acids is 1. The third-order valence-corrected chi connectivity index (χ3v) is 13.4. The van der Waals surface area contributed by atoms with Crippen LogP contribution in [-0.4, -0.2) is 78.5 Å². The van der Waals surface area contributed by atoms with Gasteiger partial charge in [-0.25, -0.2) is 4.79 Å². The number of carbonyl (C=O) groups is 2. The number of amides is 1. The van der Waals surface area contributed by atoms with Gasteiger partial charge in [0.25, 0.3) is 0 Å². The highest BCUT2D eigenvalue weighted by molar-refractivity contribution is 6.30. The SMILES string of the molecule is C[C@@H](COc1ccnc2c1[C@H](C)CCC2)C[C@H]1Cc2cc3c(cc2C12CCC(Nc1cccc(Cl)c1)(C(=O)O)CC2)O[C@@H](COCC1CC(=O)N(C)C1)CO3. The molecule has 3 aromatic rings. The largest absolute Gasteiger partial charge is 0.493 e. The normalized spacial score (nSPS) is 28.8. The fourth-order valence-electron chi connectivity index (χ4n) is 10.2. The number of nitrogens with one attached hydrogen (secondary N) is 1. The van der Waals surface area contributed by atoms with Crippen molar-refractivity contribution in [1.82, 2.24) is 9.88 Å². The van der Waals surface area contributed by atoms with Crippen molar-refractivity contribution in [3.63, 3.8) is 0 Å². The summed E-state index contributed by atoms with van der Waals surface area (Å²) >= 11 is 6.31. The van der Waals surface area contributed by atoms with Gasteiger partial charge >= 0.3 is 5.97 Å². The minimum atomic E-state index is -1.11. The van der Waals surface area contributed by atoms with E-state index in [2.05, 4.69) is 36.3 Å². The van der Waals surface area contributed by atoms with E-state index in [1.807, 2.05) is 31.4 Å². The predicted octanol–water partition coefficient (Wildman–Crippen LogP) is 7.83. The van der Waals surface area contributed by atoms with Crippen LogP contribution in [0.15, 0.2) is 48.7 Å². The first kappa shape index (κ1) is 37.9. The lowest BCUT2D eigenvalue weighted by Crippen LogP contribution is -2.53. The first-order valence-electron chi connectivity index (χ1n) is 20.2. The Morgan fingerprint density at radius 2 is 1.96 bits per heavy atom. The van der Waals surface area contributed by atoms with Crippen molar-refractivity contribution in [2.45, 2.75) is 101 Å². The number of nitrogens with zero attached hydrogens (tertiary/aromatic N) is 2. The van der Waals surface area contributed by atoms with Crippen molar-refractivity contribution in [3.8, 4) is 17.2 Å². The van der Waals surface area contributed by atoms with Crippen LogP contribution >= 0.6 is 11.6 Å². The molecule has 0 bridgehead atoms. The monoisotopic (exact) mass is 771 g/mol. The van der Waals surface area contributed by atoms with Gasteiger partial charge in [0.2, 0.25) is 5.91 Å². The molecule has 3 heterocycles. The molecule has 2 aliphatic heterocycles. The first-order valence-corrected chi connectivity index (χ1v) is 20.6.